The largest absolute Gasteiger partial charge is 0.497 e. The summed E-state index contributed by atoms with van der Waals surface area (Å²) in [5.74, 6) is 2.75. The van der Waals surface area contributed by atoms with Crippen LogP contribution in [0.15, 0.2) is 36.4 Å². The first kappa shape index (κ1) is 26.1. The number of benzene rings is 2. The Morgan fingerprint density at radius 2 is 1.50 bits per heavy atom. The fraction of sp³-hybridized carbons (Fsp3) is 0.333. The zero-order valence-corrected chi connectivity index (χ0v) is 21.9. The Morgan fingerprint density at radius 1 is 0.861 bits per heavy atom. The molecule has 3 heterocycles. The molecule has 2 aromatic carbocycles. The van der Waals surface area contributed by atoms with Crippen LogP contribution in [0.3, 0.4) is 0 Å². The number of aryl methyl sites for hydroxylation is 2. The average molecular weight is 531 g/mol. The second kappa shape index (κ2) is 11.8. The number of aromatic nitrogens is 2. The van der Waals surface area contributed by atoms with Gasteiger partial charge in [0, 0.05) is 28.5 Å². The van der Waals surface area contributed by atoms with Crippen LogP contribution in [-0.4, -0.2) is 49.6 Å². The molecule has 0 atom stereocenters. The maximum absolute atomic E-state index is 9.01. The smallest absolute Gasteiger partial charge is 0.218 e. The number of nitrogens with zero attached hydrogens (tertiary/aromatic N) is 2. The third-order valence-corrected chi connectivity index (χ3v) is 6.63. The minimum atomic E-state index is 0.122. The third kappa shape index (κ3) is 5.38. The van der Waals surface area contributed by atoms with Gasteiger partial charge in [-0.15, -0.1) is 0 Å². The molecule has 0 bridgehead atoms. The van der Waals surface area contributed by atoms with Crippen molar-refractivity contribution in [2.45, 2.75) is 25.7 Å². The molecule has 4 aromatic rings. The molecule has 0 saturated carbocycles. The van der Waals surface area contributed by atoms with Gasteiger partial charge in [0.25, 0.3) is 0 Å². The van der Waals surface area contributed by atoms with Crippen LogP contribution in [0.5, 0.6) is 23.3 Å². The average Bonchev–Trinajstić information content (AvgIpc) is 2.92. The van der Waals surface area contributed by atoms with Crippen LogP contribution in [0.25, 0.3) is 21.5 Å². The second-order valence-corrected chi connectivity index (χ2v) is 8.89. The SMILES string of the molecule is COc1ccc2c(Cl)nc(OC)c(CCCO)c2c1.COc1ccc2c(Cl)nc3c(c2c1)CCCO3. The van der Waals surface area contributed by atoms with Crippen LogP contribution >= 0.6 is 23.2 Å². The molecule has 36 heavy (non-hydrogen) atoms. The van der Waals surface area contributed by atoms with Gasteiger partial charge in [-0.1, -0.05) is 23.2 Å². The van der Waals surface area contributed by atoms with Crippen molar-refractivity contribution in [1.82, 2.24) is 9.97 Å². The Bertz CT molecular complexity index is 1380. The quantitative estimate of drug-likeness (QED) is 0.303. The Labute approximate surface area is 219 Å². The number of pyridine rings is 2. The van der Waals surface area contributed by atoms with Gasteiger partial charge in [0.2, 0.25) is 11.8 Å². The van der Waals surface area contributed by atoms with Crippen LogP contribution in [0.2, 0.25) is 10.3 Å². The number of ether oxygens (including phenoxy) is 4. The lowest BCUT2D eigenvalue weighted by Gasteiger charge is -2.18. The van der Waals surface area contributed by atoms with Crippen molar-refractivity contribution in [2.75, 3.05) is 34.5 Å². The molecule has 9 heteroatoms. The van der Waals surface area contributed by atoms with E-state index in [2.05, 4.69) is 9.97 Å². The Morgan fingerprint density at radius 3 is 2.14 bits per heavy atom. The molecule has 0 spiro atoms. The summed E-state index contributed by atoms with van der Waals surface area (Å²) in [6.45, 7) is 0.836. The lowest BCUT2D eigenvalue weighted by atomic mass is 10.0. The van der Waals surface area contributed by atoms with Crippen molar-refractivity contribution < 1.29 is 24.1 Å². The van der Waals surface area contributed by atoms with Gasteiger partial charge in [0.05, 0.1) is 27.9 Å². The first-order valence-corrected chi connectivity index (χ1v) is 12.4. The van der Waals surface area contributed by atoms with Crippen molar-refractivity contribution >= 4 is 44.7 Å². The molecular formula is C27H28Cl2N2O5. The zero-order chi connectivity index (χ0) is 25.7. The number of aliphatic hydroxyl groups is 1. The molecule has 0 amide bonds. The van der Waals surface area contributed by atoms with E-state index in [4.69, 9.17) is 47.3 Å². The van der Waals surface area contributed by atoms with Gasteiger partial charge >= 0.3 is 0 Å². The summed E-state index contributed by atoms with van der Waals surface area (Å²) >= 11 is 12.3. The molecule has 7 nitrogen and oxygen atoms in total. The Kier molecular flexibility index (Phi) is 8.56. The zero-order valence-electron chi connectivity index (χ0n) is 20.4. The molecule has 5 rings (SSSR count). The van der Waals surface area contributed by atoms with Gasteiger partial charge in [-0.2, -0.15) is 0 Å². The van der Waals surface area contributed by atoms with Crippen LogP contribution < -0.4 is 18.9 Å². The highest BCUT2D eigenvalue weighted by molar-refractivity contribution is 6.35. The molecule has 0 unspecified atom stereocenters. The molecule has 2 aromatic heterocycles. The van der Waals surface area contributed by atoms with E-state index in [0.29, 0.717) is 41.5 Å². The standard InChI is InChI=1S/C14H16ClNO3.C13H12ClNO2/c1-18-9-5-6-10-12(8-9)11(4-3-7-17)14(19-2)16-13(10)15;1-16-8-4-5-9-11(7-8)10-3-2-6-17-13(10)15-12(9)14/h5-6,8,17H,3-4,7H2,1-2H3;4-5,7H,2-3,6H2,1H3. The van der Waals surface area contributed by atoms with Gasteiger partial charge in [0.1, 0.15) is 21.8 Å². The molecule has 1 aliphatic rings. The number of fused-ring (bicyclic) bond motifs is 4. The molecule has 0 saturated heterocycles. The highest BCUT2D eigenvalue weighted by Crippen LogP contribution is 2.36. The van der Waals surface area contributed by atoms with Gasteiger partial charge < -0.3 is 24.1 Å². The summed E-state index contributed by atoms with van der Waals surface area (Å²) in [7, 11) is 4.84. The van der Waals surface area contributed by atoms with Crippen LogP contribution in [0.4, 0.5) is 0 Å². The molecule has 1 aliphatic heterocycles. The van der Waals surface area contributed by atoms with Crippen molar-refractivity contribution in [3.8, 4) is 23.3 Å². The molecular weight excluding hydrogens is 503 g/mol. The minimum Gasteiger partial charge on any atom is -0.497 e. The fourth-order valence-corrected chi connectivity index (χ4v) is 4.75. The van der Waals surface area contributed by atoms with Gasteiger partial charge in [-0.05, 0) is 72.9 Å². The van der Waals surface area contributed by atoms with E-state index in [9.17, 15) is 0 Å². The van der Waals surface area contributed by atoms with Crippen LogP contribution in [0.1, 0.15) is 24.0 Å². The third-order valence-electron chi connectivity index (χ3n) is 6.05. The molecule has 1 N–H and O–H groups in total. The number of hydrogen-bond acceptors (Lipinski definition) is 7. The summed E-state index contributed by atoms with van der Waals surface area (Å²) < 4.78 is 21.3. The number of aliphatic hydroxyl groups excluding tert-OH is 1. The molecule has 190 valence electrons. The van der Waals surface area contributed by atoms with Crippen molar-refractivity contribution in [2.24, 2.45) is 0 Å². The highest BCUT2D eigenvalue weighted by Gasteiger charge is 2.18. The van der Waals surface area contributed by atoms with Crippen LogP contribution in [0, 0.1) is 0 Å². The number of rotatable bonds is 6. The second-order valence-electron chi connectivity index (χ2n) is 8.18. The Balaban J connectivity index is 0.000000170. The van der Waals surface area contributed by atoms with Gasteiger partial charge in [0.15, 0.2) is 0 Å². The number of hydrogen-bond donors (Lipinski definition) is 1. The maximum Gasteiger partial charge on any atom is 0.218 e. The van der Waals surface area contributed by atoms with Gasteiger partial charge in [-0.3, -0.25) is 0 Å². The van der Waals surface area contributed by atoms with E-state index >= 15 is 0 Å². The van der Waals surface area contributed by atoms with E-state index in [-0.39, 0.29) is 6.61 Å². The van der Waals surface area contributed by atoms with Crippen molar-refractivity contribution in [3.63, 3.8) is 0 Å². The van der Waals surface area contributed by atoms with Crippen LogP contribution in [-0.2, 0) is 12.8 Å². The topological polar surface area (TPSA) is 82.9 Å². The summed E-state index contributed by atoms with van der Waals surface area (Å²) in [6.07, 6.45) is 3.31. The van der Waals surface area contributed by atoms with E-state index in [1.54, 1.807) is 21.3 Å². The van der Waals surface area contributed by atoms with E-state index in [1.807, 2.05) is 36.4 Å². The molecule has 0 aliphatic carbocycles. The first-order chi connectivity index (χ1) is 17.5. The lowest BCUT2D eigenvalue weighted by Crippen LogP contribution is -2.10. The first-order valence-electron chi connectivity index (χ1n) is 11.6. The van der Waals surface area contributed by atoms with E-state index < -0.39 is 0 Å². The normalized spacial score (nSPS) is 12.4. The molecule has 0 radical (unpaired) electrons. The summed E-state index contributed by atoms with van der Waals surface area (Å²) in [5, 5.41) is 13.7. The Hall–Kier alpha value is -3.00. The number of halogens is 2. The fourth-order valence-electron chi connectivity index (χ4n) is 4.27. The summed E-state index contributed by atoms with van der Waals surface area (Å²) in [6, 6.07) is 11.5. The van der Waals surface area contributed by atoms with Crippen molar-refractivity contribution in [3.05, 3.63) is 57.8 Å². The monoisotopic (exact) mass is 530 g/mol. The van der Waals surface area contributed by atoms with E-state index in [0.717, 1.165) is 57.0 Å². The summed E-state index contributed by atoms with van der Waals surface area (Å²) in [4.78, 5) is 8.55. The predicted octanol–water partition coefficient (Wildman–Crippen LogP) is 6.05. The number of methoxy groups -OCH3 is 3. The lowest BCUT2D eigenvalue weighted by molar-refractivity contribution is 0.277. The summed E-state index contributed by atoms with van der Waals surface area (Å²) in [5.41, 5.74) is 2.07. The predicted molar refractivity (Wildman–Crippen MR) is 142 cm³/mol. The molecule has 0 fully saturated rings. The minimum absolute atomic E-state index is 0.122. The van der Waals surface area contributed by atoms with Crippen molar-refractivity contribution in [1.29, 1.82) is 0 Å². The maximum atomic E-state index is 9.01. The highest BCUT2D eigenvalue weighted by atomic mass is 35.5. The van der Waals surface area contributed by atoms with Gasteiger partial charge in [-0.25, -0.2) is 9.97 Å². The van der Waals surface area contributed by atoms with E-state index in [1.165, 1.54) is 0 Å².